The van der Waals surface area contributed by atoms with Gasteiger partial charge in [-0.25, -0.2) is 9.97 Å². The van der Waals surface area contributed by atoms with Crippen molar-refractivity contribution in [2.75, 3.05) is 40.0 Å². The van der Waals surface area contributed by atoms with E-state index in [0.717, 1.165) is 35.4 Å². The highest BCUT2D eigenvalue weighted by molar-refractivity contribution is 7.86. The molecule has 0 spiro atoms. The van der Waals surface area contributed by atoms with Gasteiger partial charge in [0.15, 0.2) is 0 Å². The summed E-state index contributed by atoms with van der Waals surface area (Å²) in [4.78, 5) is 8.62. The molecule has 146 valence electrons. The van der Waals surface area contributed by atoms with Crippen LogP contribution in [0.15, 0.2) is 30.5 Å². The summed E-state index contributed by atoms with van der Waals surface area (Å²) in [7, 11) is 1.25. The van der Waals surface area contributed by atoms with Gasteiger partial charge in [-0.1, -0.05) is 12.1 Å². The van der Waals surface area contributed by atoms with E-state index in [9.17, 15) is 8.42 Å². The normalized spacial score (nSPS) is 18.6. The fourth-order valence-electron chi connectivity index (χ4n) is 3.32. The van der Waals surface area contributed by atoms with Crippen LogP contribution in [0.1, 0.15) is 24.5 Å². The Bertz CT molecular complexity index is 900. The quantitative estimate of drug-likeness (QED) is 0.833. The van der Waals surface area contributed by atoms with Crippen LogP contribution in [-0.4, -0.2) is 61.3 Å². The highest BCUT2D eigenvalue weighted by Gasteiger charge is 2.32. The molecule has 1 saturated heterocycles. The molecule has 1 aromatic heterocycles. The molecular weight excluding hydrogens is 366 g/mol. The topological polar surface area (TPSA) is 102 Å². The first-order valence-corrected chi connectivity index (χ1v) is 10.2. The maximum absolute atomic E-state index is 12.5. The van der Waals surface area contributed by atoms with Crippen molar-refractivity contribution >= 4 is 16.2 Å². The Morgan fingerprint density at radius 3 is 2.59 bits per heavy atom. The summed E-state index contributed by atoms with van der Waals surface area (Å²) in [5.41, 5.74) is 8.43. The second-order valence-corrected chi connectivity index (χ2v) is 8.89. The van der Waals surface area contributed by atoms with Gasteiger partial charge in [0.05, 0.1) is 12.8 Å². The number of benzene rings is 1. The largest absolute Gasteiger partial charge is 0.497 e. The lowest BCUT2D eigenvalue weighted by Gasteiger charge is -2.33. The molecule has 0 unspecified atom stereocenters. The summed E-state index contributed by atoms with van der Waals surface area (Å²) in [5.74, 6) is 0.906. The first-order valence-electron chi connectivity index (χ1n) is 8.77. The summed E-state index contributed by atoms with van der Waals surface area (Å²) >= 11 is 0. The van der Waals surface area contributed by atoms with Crippen molar-refractivity contribution < 1.29 is 13.2 Å². The van der Waals surface area contributed by atoms with E-state index >= 15 is 0 Å². The number of nitrogen functional groups attached to an aromatic ring is 1. The van der Waals surface area contributed by atoms with Crippen LogP contribution in [0.4, 0.5) is 5.95 Å². The van der Waals surface area contributed by atoms with E-state index in [-0.39, 0.29) is 11.9 Å². The first-order chi connectivity index (χ1) is 12.8. The smallest absolute Gasteiger partial charge is 0.281 e. The average molecular weight is 391 g/mol. The van der Waals surface area contributed by atoms with Gasteiger partial charge in [0.2, 0.25) is 5.95 Å². The second kappa shape index (κ2) is 7.79. The van der Waals surface area contributed by atoms with Crippen molar-refractivity contribution in [1.82, 2.24) is 18.6 Å². The molecular formula is C18H25N5O3S. The fraction of sp³-hybridized carbons (Fsp3) is 0.444. The highest BCUT2D eigenvalue weighted by atomic mass is 32.2. The number of methoxy groups -OCH3 is 1. The van der Waals surface area contributed by atoms with Gasteiger partial charge >= 0.3 is 0 Å². The molecule has 0 aliphatic carbocycles. The van der Waals surface area contributed by atoms with Crippen LogP contribution >= 0.6 is 0 Å². The molecule has 0 saturated carbocycles. The molecule has 1 fully saturated rings. The summed E-state index contributed by atoms with van der Waals surface area (Å²) in [5, 5.41) is 0. The Balaban J connectivity index is 1.97. The predicted octanol–water partition coefficient (Wildman–Crippen LogP) is 1.72. The minimum atomic E-state index is -3.46. The molecule has 0 radical (unpaired) electrons. The van der Waals surface area contributed by atoms with Crippen LogP contribution < -0.4 is 10.5 Å². The van der Waals surface area contributed by atoms with Crippen LogP contribution in [-0.2, 0) is 10.2 Å². The maximum atomic E-state index is 12.5. The van der Waals surface area contributed by atoms with Gasteiger partial charge in [-0.2, -0.15) is 17.0 Å². The summed E-state index contributed by atoms with van der Waals surface area (Å²) in [6.45, 7) is 0.884. The van der Waals surface area contributed by atoms with E-state index in [0.29, 0.717) is 13.1 Å². The molecule has 8 nitrogen and oxygen atoms in total. The number of ether oxygens (including phenoxy) is 1. The Labute approximate surface area is 160 Å². The standard InChI is InChI=1S/C18H25N5O3S/c1-22(2)27(24,25)23-10-4-5-14(12-23)17-16(11-20-18(19)21-17)13-6-8-15(26-3)9-7-13/h6-9,11,14H,4-5,10,12H2,1-3H3,(H2,19,20,21)/t14-/m1/s1. The van der Waals surface area contributed by atoms with Crippen LogP contribution in [0, 0.1) is 0 Å². The average Bonchev–Trinajstić information content (AvgIpc) is 2.68. The van der Waals surface area contributed by atoms with Gasteiger partial charge in [0.25, 0.3) is 10.2 Å². The van der Waals surface area contributed by atoms with Crippen molar-refractivity contribution in [3.05, 3.63) is 36.2 Å². The Morgan fingerprint density at radius 1 is 1.26 bits per heavy atom. The molecule has 1 aliphatic rings. The van der Waals surface area contributed by atoms with Crippen molar-refractivity contribution in [3.8, 4) is 16.9 Å². The highest BCUT2D eigenvalue weighted by Crippen LogP contribution is 2.34. The number of anilines is 1. The summed E-state index contributed by atoms with van der Waals surface area (Å²) in [6, 6.07) is 7.63. The third-order valence-electron chi connectivity index (χ3n) is 4.80. The van der Waals surface area contributed by atoms with Crippen molar-refractivity contribution in [2.45, 2.75) is 18.8 Å². The molecule has 3 rings (SSSR count). The van der Waals surface area contributed by atoms with Gasteiger partial charge in [0, 0.05) is 44.9 Å². The van der Waals surface area contributed by atoms with E-state index in [1.807, 2.05) is 24.3 Å². The molecule has 27 heavy (non-hydrogen) atoms. The van der Waals surface area contributed by atoms with Crippen LogP contribution in [0.3, 0.4) is 0 Å². The molecule has 2 heterocycles. The van der Waals surface area contributed by atoms with Crippen molar-refractivity contribution in [3.63, 3.8) is 0 Å². The van der Waals surface area contributed by atoms with Gasteiger partial charge in [-0.3, -0.25) is 0 Å². The van der Waals surface area contributed by atoms with E-state index in [4.69, 9.17) is 10.5 Å². The number of hydrogen-bond donors (Lipinski definition) is 1. The van der Waals surface area contributed by atoms with E-state index < -0.39 is 10.2 Å². The van der Waals surface area contributed by atoms with Gasteiger partial charge in [-0.05, 0) is 30.5 Å². The molecule has 9 heteroatoms. The van der Waals surface area contributed by atoms with Gasteiger partial charge < -0.3 is 10.5 Å². The number of rotatable bonds is 5. The van der Waals surface area contributed by atoms with E-state index in [1.54, 1.807) is 27.4 Å². The Kier molecular flexibility index (Phi) is 5.64. The van der Waals surface area contributed by atoms with E-state index in [1.165, 1.54) is 8.61 Å². The third-order valence-corrected chi connectivity index (χ3v) is 6.70. The minimum Gasteiger partial charge on any atom is -0.497 e. The molecule has 1 aliphatic heterocycles. The van der Waals surface area contributed by atoms with E-state index in [2.05, 4.69) is 9.97 Å². The van der Waals surface area contributed by atoms with Gasteiger partial charge in [0.1, 0.15) is 5.75 Å². The first kappa shape index (κ1) is 19.5. The fourth-order valence-corrected chi connectivity index (χ4v) is 4.51. The lowest BCUT2D eigenvalue weighted by atomic mass is 9.91. The molecule has 1 aromatic carbocycles. The molecule has 1 atom stereocenters. The monoisotopic (exact) mass is 391 g/mol. The number of aromatic nitrogens is 2. The number of nitrogens with two attached hydrogens (primary N) is 1. The SMILES string of the molecule is COc1ccc(-c2cnc(N)nc2[C@@H]2CCCN(S(=O)(=O)N(C)C)C2)cc1. The molecule has 0 amide bonds. The Hall–Kier alpha value is -2.23. The summed E-state index contributed by atoms with van der Waals surface area (Å²) < 4.78 is 33.0. The molecule has 2 N–H and O–H groups in total. The zero-order valence-corrected chi connectivity index (χ0v) is 16.6. The Morgan fingerprint density at radius 2 is 1.96 bits per heavy atom. The zero-order valence-electron chi connectivity index (χ0n) is 15.8. The number of nitrogens with zero attached hydrogens (tertiary/aromatic N) is 4. The van der Waals surface area contributed by atoms with Crippen LogP contribution in [0.2, 0.25) is 0 Å². The lowest BCUT2D eigenvalue weighted by molar-refractivity contribution is 0.296. The summed E-state index contributed by atoms with van der Waals surface area (Å²) in [6.07, 6.45) is 3.32. The van der Waals surface area contributed by atoms with Crippen molar-refractivity contribution in [1.29, 1.82) is 0 Å². The third kappa shape index (κ3) is 4.05. The van der Waals surface area contributed by atoms with Gasteiger partial charge in [-0.15, -0.1) is 0 Å². The van der Waals surface area contributed by atoms with Crippen LogP contribution in [0.5, 0.6) is 5.75 Å². The lowest BCUT2D eigenvalue weighted by Crippen LogP contribution is -2.45. The van der Waals surface area contributed by atoms with Crippen LogP contribution in [0.25, 0.3) is 11.1 Å². The second-order valence-electron chi connectivity index (χ2n) is 6.74. The maximum Gasteiger partial charge on any atom is 0.281 e. The number of piperidine rings is 1. The zero-order chi connectivity index (χ0) is 19.6. The predicted molar refractivity (Wildman–Crippen MR) is 105 cm³/mol. The number of hydrogen-bond acceptors (Lipinski definition) is 6. The minimum absolute atomic E-state index is 0.0455. The molecule has 0 bridgehead atoms. The van der Waals surface area contributed by atoms with Crippen molar-refractivity contribution in [2.24, 2.45) is 0 Å². The molecule has 2 aromatic rings.